The Morgan fingerprint density at radius 1 is 1.06 bits per heavy atom. The number of nitrogens with zero attached hydrogens (tertiary/aromatic N) is 3. The lowest BCUT2D eigenvalue weighted by Gasteiger charge is -2.40. The molecule has 7 heteroatoms. The van der Waals surface area contributed by atoms with Crippen molar-refractivity contribution < 1.29 is 14.0 Å². The first-order valence-electron chi connectivity index (χ1n) is 11.6. The third-order valence-electron chi connectivity index (χ3n) is 6.77. The van der Waals surface area contributed by atoms with Crippen LogP contribution in [-0.2, 0) is 11.2 Å². The van der Waals surface area contributed by atoms with Gasteiger partial charge in [-0.15, -0.1) is 11.3 Å². The van der Waals surface area contributed by atoms with E-state index in [2.05, 4.69) is 40.6 Å². The molecule has 6 nitrogen and oxygen atoms in total. The first-order valence-corrected chi connectivity index (χ1v) is 12.5. The summed E-state index contributed by atoms with van der Waals surface area (Å²) >= 11 is 1.83. The van der Waals surface area contributed by atoms with E-state index in [0.717, 1.165) is 19.5 Å². The summed E-state index contributed by atoms with van der Waals surface area (Å²) in [5.41, 5.74) is 2.66. The summed E-state index contributed by atoms with van der Waals surface area (Å²) in [7, 11) is 0. The third-order valence-corrected chi connectivity index (χ3v) is 7.76. The largest absolute Gasteiger partial charge is 0.459 e. The maximum atomic E-state index is 13.1. The number of furan rings is 1. The van der Waals surface area contributed by atoms with Crippen LogP contribution in [0.25, 0.3) is 0 Å². The number of hydrogen-bond acceptors (Lipinski definition) is 5. The molecule has 33 heavy (non-hydrogen) atoms. The Morgan fingerprint density at radius 3 is 2.67 bits per heavy atom. The van der Waals surface area contributed by atoms with Crippen molar-refractivity contribution in [3.63, 3.8) is 0 Å². The number of thiophene rings is 1. The molecule has 2 aliphatic heterocycles. The van der Waals surface area contributed by atoms with Crippen molar-refractivity contribution in [2.75, 3.05) is 32.7 Å². The summed E-state index contributed by atoms with van der Waals surface area (Å²) in [5.74, 6) is 0.409. The molecule has 0 unspecified atom stereocenters. The van der Waals surface area contributed by atoms with E-state index in [1.54, 1.807) is 17.0 Å². The average molecular weight is 464 g/mol. The van der Waals surface area contributed by atoms with Crippen LogP contribution in [0.2, 0.25) is 0 Å². The van der Waals surface area contributed by atoms with Gasteiger partial charge < -0.3 is 14.2 Å². The van der Waals surface area contributed by atoms with Gasteiger partial charge in [0.25, 0.3) is 5.91 Å². The number of benzene rings is 1. The van der Waals surface area contributed by atoms with Gasteiger partial charge in [0.05, 0.1) is 12.3 Å². The molecule has 2 aliphatic rings. The van der Waals surface area contributed by atoms with Crippen LogP contribution >= 0.6 is 11.3 Å². The average Bonchev–Trinajstić information content (AvgIpc) is 3.54. The van der Waals surface area contributed by atoms with Crippen molar-refractivity contribution in [2.45, 2.75) is 31.8 Å². The number of piperazine rings is 1. The Morgan fingerprint density at radius 2 is 1.91 bits per heavy atom. The van der Waals surface area contributed by atoms with E-state index in [9.17, 15) is 9.59 Å². The van der Waals surface area contributed by atoms with Gasteiger partial charge in [0.2, 0.25) is 5.91 Å². The first-order chi connectivity index (χ1) is 16.1. The van der Waals surface area contributed by atoms with Gasteiger partial charge in [0.15, 0.2) is 5.76 Å². The topological polar surface area (TPSA) is 57.0 Å². The fourth-order valence-electron chi connectivity index (χ4n) is 5.06. The summed E-state index contributed by atoms with van der Waals surface area (Å²) in [6.45, 7) is 5.33. The summed E-state index contributed by atoms with van der Waals surface area (Å²) in [5, 5.41) is 2.18. The third kappa shape index (κ3) is 4.48. The second-order valence-electron chi connectivity index (χ2n) is 8.81. The van der Waals surface area contributed by atoms with Gasteiger partial charge in [0, 0.05) is 50.1 Å². The molecular weight excluding hydrogens is 434 g/mol. The normalized spacial score (nSPS) is 21.1. The van der Waals surface area contributed by atoms with E-state index in [-0.39, 0.29) is 23.9 Å². The minimum absolute atomic E-state index is 0.0410. The molecule has 1 saturated heterocycles. The van der Waals surface area contributed by atoms with Crippen molar-refractivity contribution in [3.8, 4) is 0 Å². The van der Waals surface area contributed by atoms with Crippen LogP contribution in [-0.4, -0.2) is 65.3 Å². The minimum atomic E-state index is -0.106. The minimum Gasteiger partial charge on any atom is -0.459 e. The van der Waals surface area contributed by atoms with E-state index in [0.29, 0.717) is 31.8 Å². The highest BCUT2D eigenvalue weighted by molar-refractivity contribution is 7.10. The molecule has 1 aromatic carbocycles. The molecule has 2 amide bonds. The summed E-state index contributed by atoms with van der Waals surface area (Å²) in [6.07, 6.45) is 3.04. The van der Waals surface area contributed by atoms with Gasteiger partial charge in [0.1, 0.15) is 0 Å². The standard InChI is InChI=1S/C26H29N3O3S/c1-19-18-28(14-15-29(19)26(31)22-8-5-16-32-22)24(30)10-13-27-12-9-23-21(11-17-33-23)25(27)20-6-3-2-4-7-20/h2-8,11,16-17,19,25H,9-10,12-15,18H2,1H3/t19-,25+/m0/s1. The first kappa shape index (κ1) is 21.9. The van der Waals surface area contributed by atoms with Crippen LogP contribution < -0.4 is 0 Å². The number of hydrogen-bond donors (Lipinski definition) is 0. The van der Waals surface area contributed by atoms with Gasteiger partial charge >= 0.3 is 0 Å². The molecule has 1 fully saturated rings. The van der Waals surface area contributed by atoms with Crippen LogP contribution in [0, 0.1) is 0 Å². The molecule has 0 radical (unpaired) electrons. The summed E-state index contributed by atoms with van der Waals surface area (Å²) in [6, 6.07) is 16.4. The molecule has 0 spiro atoms. The van der Waals surface area contributed by atoms with Crippen molar-refractivity contribution in [1.29, 1.82) is 0 Å². The molecule has 0 saturated carbocycles. The van der Waals surface area contributed by atoms with Crippen molar-refractivity contribution in [1.82, 2.24) is 14.7 Å². The lowest BCUT2D eigenvalue weighted by atomic mass is 9.93. The number of carbonyl (C=O) groups excluding carboxylic acids is 2. The zero-order valence-electron chi connectivity index (χ0n) is 18.9. The molecule has 172 valence electrons. The zero-order chi connectivity index (χ0) is 22.8. The van der Waals surface area contributed by atoms with E-state index < -0.39 is 0 Å². The Balaban J connectivity index is 1.21. The Labute approximate surface area is 198 Å². The number of carbonyl (C=O) groups is 2. The maximum Gasteiger partial charge on any atom is 0.289 e. The molecule has 5 rings (SSSR count). The number of amides is 2. The molecule has 2 aromatic heterocycles. The molecule has 0 aliphatic carbocycles. The lowest BCUT2D eigenvalue weighted by molar-refractivity contribution is -0.134. The fourth-order valence-corrected chi connectivity index (χ4v) is 5.96. The van der Waals surface area contributed by atoms with E-state index in [4.69, 9.17) is 4.42 Å². The SMILES string of the molecule is C[C@H]1CN(C(=O)CCN2CCc3sccc3[C@H]2c2ccccc2)CCN1C(=O)c1ccco1. The van der Waals surface area contributed by atoms with Crippen LogP contribution in [0.1, 0.15) is 45.9 Å². The van der Waals surface area contributed by atoms with Crippen LogP contribution in [0.3, 0.4) is 0 Å². The number of fused-ring (bicyclic) bond motifs is 1. The van der Waals surface area contributed by atoms with Gasteiger partial charge in [-0.1, -0.05) is 30.3 Å². The zero-order valence-corrected chi connectivity index (χ0v) is 19.7. The monoisotopic (exact) mass is 463 g/mol. The smallest absolute Gasteiger partial charge is 0.289 e. The van der Waals surface area contributed by atoms with E-state index in [1.165, 1.54) is 22.3 Å². The molecular formula is C26H29N3O3S. The molecule has 0 bridgehead atoms. The predicted octanol–water partition coefficient (Wildman–Crippen LogP) is 4.05. The van der Waals surface area contributed by atoms with E-state index in [1.807, 2.05) is 29.2 Å². The highest BCUT2D eigenvalue weighted by Crippen LogP contribution is 2.37. The van der Waals surface area contributed by atoms with Gasteiger partial charge in [-0.05, 0) is 48.1 Å². The lowest BCUT2D eigenvalue weighted by Crippen LogP contribution is -2.55. The maximum absolute atomic E-state index is 13.1. The molecule has 2 atom stereocenters. The summed E-state index contributed by atoms with van der Waals surface area (Å²) < 4.78 is 5.27. The second kappa shape index (κ2) is 9.53. The highest BCUT2D eigenvalue weighted by Gasteiger charge is 2.33. The van der Waals surface area contributed by atoms with Gasteiger partial charge in [-0.3, -0.25) is 14.5 Å². The summed E-state index contributed by atoms with van der Waals surface area (Å²) in [4.78, 5) is 33.4. The predicted molar refractivity (Wildman–Crippen MR) is 128 cm³/mol. The molecule has 3 aromatic rings. The van der Waals surface area contributed by atoms with E-state index >= 15 is 0 Å². The van der Waals surface area contributed by atoms with Crippen LogP contribution in [0.15, 0.2) is 64.6 Å². The second-order valence-corrected chi connectivity index (χ2v) is 9.81. The quantitative estimate of drug-likeness (QED) is 0.573. The Hall–Kier alpha value is -2.90. The Bertz CT molecular complexity index is 1100. The van der Waals surface area contributed by atoms with Gasteiger partial charge in [-0.25, -0.2) is 0 Å². The van der Waals surface area contributed by atoms with Gasteiger partial charge in [-0.2, -0.15) is 0 Å². The molecule has 4 heterocycles. The fraction of sp³-hybridized carbons (Fsp3) is 0.385. The van der Waals surface area contributed by atoms with Crippen LogP contribution in [0.4, 0.5) is 0 Å². The highest BCUT2D eigenvalue weighted by atomic mass is 32.1. The Kier molecular flexibility index (Phi) is 6.33. The molecule has 0 N–H and O–H groups in total. The van der Waals surface area contributed by atoms with Crippen molar-refractivity contribution in [2.24, 2.45) is 0 Å². The van der Waals surface area contributed by atoms with Crippen molar-refractivity contribution in [3.05, 3.63) is 81.9 Å². The van der Waals surface area contributed by atoms with Crippen LogP contribution in [0.5, 0.6) is 0 Å². The van der Waals surface area contributed by atoms with Crippen molar-refractivity contribution >= 4 is 23.2 Å². The number of rotatable bonds is 5.